The maximum atomic E-state index is 15.5. The maximum Gasteiger partial charge on any atom is 0.324 e. The summed E-state index contributed by atoms with van der Waals surface area (Å²) in [6.45, 7) is 0.142. The van der Waals surface area contributed by atoms with Gasteiger partial charge in [-0.1, -0.05) is 90.7 Å². The summed E-state index contributed by atoms with van der Waals surface area (Å²) in [7, 11) is 1.61. The van der Waals surface area contributed by atoms with Crippen LogP contribution in [-0.2, 0) is 31.0 Å². The Morgan fingerprint density at radius 2 is 1.48 bits per heavy atom. The van der Waals surface area contributed by atoms with Crippen LogP contribution in [0.4, 0.5) is 5.69 Å². The van der Waals surface area contributed by atoms with Crippen LogP contribution in [0.2, 0.25) is 0 Å². The average molecular weight is 825 g/mol. The topological polar surface area (TPSA) is 139 Å². The smallest absolute Gasteiger partial charge is 0.324 e. The molecule has 0 aliphatic carbocycles. The van der Waals surface area contributed by atoms with Crippen molar-refractivity contribution >= 4 is 23.5 Å². The Balaban J connectivity index is 1.26. The molecule has 2 amide bonds. The summed E-state index contributed by atoms with van der Waals surface area (Å²) in [6, 6.07) is 42.4. The number of aromatic nitrogens is 1. The second-order valence-corrected chi connectivity index (χ2v) is 15.5. The van der Waals surface area contributed by atoms with Gasteiger partial charge >= 0.3 is 5.97 Å². The van der Waals surface area contributed by atoms with Gasteiger partial charge < -0.3 is 30.0 Å². The molecule has 4 heterocycles. The summed E-state index contributed by atoms with van der Waals surface area (Å²) < 4.78 is 17.6. The third-order valence-electron chi connectivity index (χ3n) is 12.0. The van der Waals surface area contributed by atoms with Crippen LogP contribution in [0.15, 0.2) is 152 Å². The maximum absolute atomic E-state index is 15.5. The fraction of sp³-hybridized carbons (Fsp3) is 0.216. The van der Waals surface area contributed by atoms with Gasteiger partial charge in [0.15, 0.2) is 0 Å². The van der Waals surface area contributed by atoms with Crippen molar-refractivity contribution in [2.45, 2.75) is 36.1 Å². The number of pyridine rings is 1. The van der Waals surface area contributed by atoms with Crippen LogP contribution in [-0.4, -0.2) is 65.7 Å². The van der Waals surface area contributed by atoms with Gasteiger partial charge in [0.1, 0.15) is 35.7 Å². The lowest BCUT2D eigenvalue weighted by Gasteiger charge is -2.46. The number of carbonyl (C=O) groups is 3. The molecule has 0 unspecified atom stereocenters. The number of nitrogens with zero attached hydrogens (tertiary/aromatic N) is 2. The number of hydrogen-bond donors (Lipinski definition) is 3. The van der Waals surface area contributed by atoms with Gasteiger partial charge in [0.2, 0.25) is 11.8 Å². The minimum atomic E-state index is -1.68. The summed E-state index contributed by atoms with van der Waals surface area (Å²) in [4.78, 5) is 52.3. The van der Waals surface area contributed by atoms with Crippen LogP contribution in [0.5, 0.6) is 11.5 Å². The molecule has 1 aromatic heterocycles. The van der Waals surface area contributed by atoms with Crippen molar-refractivity contribution in [2.75, 3.05) is 32.2 Å². The monoisotopic (exact) mass is 824 g/mol. The van der Waals surface area contributed by atoms with Gasteiger partial charge in [0.05, 0.1) is 31.7 Å². The van der Waals surface area contributed by atoms with Gasteiger partial charge in [-0.05, 0) is 89.0 Å². The third-order valence-corrected chi connectivity index (χ3v) is 12.0. The highest BCUT2D eigenvalue weighted by molar-refractivity contribution is 6.12. The molecule has 1 spiro atoms. The van der Waals surface area contributed by atoms with E-state index in [1.54, 1.807) is 25.4 Å². The Morgan fingerprint density at radius 3 is 2.18 bits per heavy atom. The van der Waals surface area contributed by atoms with Crippen LogP contribution in [0.1, 0.15) is 57.3 Å². The number of morpholine rings is 1. The number of fused-ring (bicyclic) bond motifs is 3. The highest BCUT2D eigenvalue weighted by atomic mass is 16.6. The second-order valence-electron chi connectivity index (χ2n) is 15.5. The summed E-state index contributed by atoms with van der Waals surface area (Å²) in [6.07, 6.45) is 1.33. The van der Waals surface area contributed by atoms with Crippen LogP contribution in [0, 0.1) is 17.8 Å². The Kier molecular flexibility index (Phi) is 11.3. The number of amides is 2. The van der Waals surface area contributed by atoms with E-state index in [0.717, 1.165) is 22.4 Å². The number of anilines is 1. The van der Waals surface area contributed by atoms with Gasteiger partial charge in [-0.3, -0.25) is 24.3 Å². The molecular weight excluding hydrogens is 781 g/mol. The molecule has 0 radical (unpaired) electrons. The van der Waals surface area contributed by atoms with E-state index in [0.29, 0.717) is 40.3 Å². The first-order chi connectivity index (χ1) is 30.4. The summed E-state index contributed by atoms with van der Waals surface area (Å²) in [5.41, 5.74) is 3.84. The molecule has 5 aromatic carbocycles. The third kappa shape index (κ3) is 7.33. The van der Waals surface area contributed by atoms with Crippen molar-refractivity contribution < 1.29 is 33.7 Å². The van der Waals surface area contributed by atoms with E-state index in [2.05, 4.69) is 32.4 Å². The number of rotatable bonds is 11. The molecule has 3 N–H and O–H groups in total. The summed E-state index contributed by atoms with van der Waals surface area (Å²) in [5.74, 6) is 4.96. The van der Waals surface area contributed by atoms with Crippen molar-refractivity contribution in [1.82, 2.24) is 15.2 Å². The minimum Gasteiger partial charge on any atom is -0.497 e. The Hall–Kier alpha value is -7.26. The molecule has 9 rings (SSSR count). The zero-order valence-electron chi connectivity index (χ0n) is 33.9. The van der Waals surface area contributed by atoms with Crippen molar-refractivity contribution in [3.8, 4) is 23.3 Å². The number of nitrogens with one attached hydrogen (secondary N) is 2. The molecule has 310 valence electrons. The molecule has 0 saturated carbocycles. The fourth-order valence-electron chi connectivity index (χ4n) is 9.37. The second kappa shape index (κ2) is 17.4. The van der Waals surface area contributed by atoms with E-state index in [-0.39, 0.29) is 19.8 Å². The lowest BCUT2D eigenvalue weighted by molar-refractivity contribution is -0.178. The van der Waals surface area contributed by atoms with Crippen LogP contribution >= 0.6 is 0 Å². The molecule has 2 saturated heterocycles. The standard InChI is InChI=1S/C51H44N4O7/c1-60-39-22-17-33(18-23-39)15-16-34-19-26-42-41(32-34)51(50(59)54-42)43(48(57)53-29-27-38-14-8-9-28-52-38)45-49(58)62-46(36-12-6-3-7-13-36)44(35-10-4-2-5-11-35)55(45)47(51)37-20-24-40(25-21-37)61-31-30-56/h2-14,17-26,28,32,43-47,56H,27,29-31H2,1H3,(H,53,57)(H,54,59)/t43-,44-,45-,46+,47+,51-/m1/s1. The molecular formula is C51H44N4O7. The normalized spacial score (nSPS) is 22.4. The fourth-order valence-corrected chi connectivity index (χ4v) is 9.37. The predicted octanol–water partition coefficient (Wildman–Crippen LogP) is 6.49. The van der Waals surface area contributed by atoms with Crippen molar-refractivity contribution in [1.29, 1.82) is 0 Å². The number of aliphatic hydroxyl groups is 1. The number of ether oxygens (including phenoxy) is 3. The highest BCUT2D eigenvalue weighted by Gasteiger charge is 2.74. The SMILES string of the molecule is COc1ccc(C#Cc2ccc3c(c2)[C@]2(C(=O)N3)[C@H](c3ccc(OCCO)cc3)N3[C@H](c4ccccc4)[C@H](c4ccccc4)OC(=O)[C@H]3[C@@H]2C(=O)NCCc2ccccn2)cc1. The van der Waals surface area contributed by atoms with Crippen molar-refractivity contribution in [2.24, 2.45) is 5.92 Å². The first-order valence-electron chi connectivity index (χ1n) is 20.6. The molecule has 0 bridgehead atoms. The molecule has 3 aliphatic rings. The lowest BCUT2D eigenvalue weighted by atomic mass is 9.65. The van der Waals surface area contributed by atoms with Crippen molar-refractivity contribution in [3.63, 3.8) is 0 Å². The Labute approximate surface area is 359 Å². The van der Waals surface area contributed by atoms with Gasteiger partial charge in [-0.25, -0.2) is 0 Å². The van der Waals surface area contributed by atoms with Gasteiger partial charge in [0.25, 0.3) is 0 Å². The minimum absolute atomic E-state index is 0.0957. The number of benzene rings is 5. The number of esters is 1. The molecule has 2 fully saturated rings. The average Bonchev–Trinajstić information content (AvgIpc) is 3.80. The van der Waals surface area contributed by atoms with Crippen LogP contribution in [0.25, 0.3) is 0 Å². The number of methoxy groups -OCH3 is 1. The molecule has 11 heteroatoms. The molecule has 11 nitrogen and oxygen atoms in total. The largest absolute Gasteiger partial charge is 0.497 e. The molecule has 3 aliphatic heterocycles. The van der Waals surface area contributed by atoms with E-state index >= 15 is 14.4 Å². The zero-order valence-corrected chi connectivity index (χ0v) is 33.9. The highest BCUT2D eigenvalue weighted by Crippen LogP contribution is 2.64. The molecule has 6 aromatic rings. The Bertz CT molecular complexity index is 2630. The quantitative estimate of drug-likeness (QED) is 0.0989. The first kappa shape index (κ1) is 40.2. The van der Waals surface area contributed by atoms with E-state index in [1.165, 1.54) is 0 Å². The number of aliphatic hydroxyl groups excluding tert-OH is 1. The zero-order chi connectivity index (χ0) is 42.6. The number of cyclic esters (lactones) is 1. The van der Waals surface area contributed by atoms with Crippen LogP contribution in [0.3, 0.4) is 0 Å². The lowest BCUT2D eigenvalue weighted by Crippen LogP contribution is -2.55. The van der Waals surface area contributed by atoms with Crippen LogP contribution < -0.4 is 20.1 Å². The molecule has 6 atom stereocenters. The molecule has 62 heavy (non-hydrogen) atoms. The van der Waals surface area contributed by atoms with E-state index < -0.39 is 53.3 Å². The number of carbonyl (C=O) groups excluding carboxylic acids is 3. The predicted molar refractivity (Wildman–Crippen MR) is 232 cm³/mol. The van der Waals surface area contributed by atoms with Gasteiger partial charge in [-0.15, -0.1) is 0 Å². The van der Waals surface area contributed by atoms with Gasteiger partial charge in [0, 0.05) is 41.7 Å². The van der Waals surface area contributed by atoms with Crippen molar-refractivity contribution in [3.05, 3.63) is 191 Å². The summed E-state index contributed by atoms with van der Waals surface area (Å²) >= 11 is 0. The van der Waals surface area contributed by atoms with E-state index in [1.807, 2.05) is 133 Å². The van der Waals surface area contributed by atoms with E-state index in [4.69, 9.17) is 14.2 Å². The Morgan fingerprint density at radius 1 is 0.806 bits per heavy atom. The van der Waals surface area contributed by atoms with E-state index in [9.17, 15) is 5.11 Å². The summed E-state index contributed by atoms with van der Waals surface area (Å²) in [5, 5.41) is 15.8. The van der Waals surface area contributed by atoms with Gasteiger partial charge in [-0.2, -0.15) is 0 Å². The first-order valence-corrected chi connectivity index (χ1v) is 20.6. The number of hydrogen-bond acceptors (Lipinski definition) is 9.